The molecule has 236 valence electrons. The largest absolute Gasteiger partial charge is 0.496 e. The number of amides is 2. The summed E-state index contributed by atoms with van der Waals surface area (Å²) in [7, 11) is 2.58. The Bertz CT molecular complexity index is 1330. The molecule has 0 aliphatic carbocycles. The summed E-state index contributed by atoms with van der Waals surface area (Å²) in [4.78, 5) is 31.8. The predicted molar refractivity (Wildman–Crippen MR) is 149 cm³/mol. The van der Waals surface area contributed by atoms with E-state index in [1.807, 2.05) is 0 Å². The maximum Gasteiger partial charge on any atom is 0.419 e. The summed E-state index contributed by atoms with van der Waals surface area (Å²) in [5.74, 6) is -2.09. The van der Waals surface area contributed by atoms with Crippen molar-refractivity contribution >= 4 is 35.0 Å². The highest BCUT2D eigenvalue weighted by Gasteiger charge is 2.43. The van der Waals surface area contributed by atoms with Crippen molar-refractivity contribution in [2.45, 2.75) is 43.6 Å². The van der Waals surface area contributed by atoms with Crippen molar-refractivity contribution in [1.29, 1.82) is 0 Å². The molecule has 2 heterocycles. The number of piperidine rings is 1. The molecule has 2 aromatic carbocycles. The Morgan fingerprint density at radius 2 is 1.65 bits per heavy atom. The summed E-state index contributed by atoms with van der Waals surface area (Å²) in [5, 5.41) is 0.584. The van der Waals surface area contributed by atoms with Gasteiger partial charge in [0, 0.05) is 44.1 Å². The molecule has 43 heavy (non-hydrogen) atoms. The van der Waals surface area contributed by atoms with Gasteiger partial charge in [-0.2, -0.15) is 26.3 Å². The van der Waals surface area contributed by atoms with Crippen LogP contribution in [0.1, 0.15) is 46.7 Å². The van der Waals surface area contributed by atoms with E-state index in [2.05, 4.69) is 0 Å². The summed E-state index contributed by atoms with van der Waals surface area (Å²) < 4.78 is 83.7. The van der Waals surface area contributed by atoms with Crippen molar-refractivity contribution in [1.82, 2.24) is 14.7 Å². The van der Waals surface area contributed by atoms with Crippen molar-refractivity contribution in [3.63, 3.8) is 0 Å². The van der Waals surface area contributed by atoms with Crippen LogP contribution in [0, 0.1) is 5.92 Å². The maximum atomic E-state index is 13.6. The fraction of sp³-hybridized carbons (Fsp3) is 0.517. The van der Waals surface area contributed by atoms with Gasteiger partial charge in [-0.1, -0.05) is 29.3 Å². The minimum Gasteiger partial charge on any atom is -0.496 e. The molecule has 14 heteroatoms. The molecule has 0 saturated carbocycles. The third-order valence-corrected chi connectivity index (χ3v) is 8.93. The Kier molecular flexibility index (Phi) is 10.1. The van der Waals surface area contributed by atoms with Crippen LogP contribution < -0.4 is 4.74 Å². The fourth-order valence-electron chi connectivity index (χ4n) is 5.79. The summed E-state index contributed by atoms with van der Waals surface area (Å²) in [6.07, 6.45) is -9.11. The van der Waals surface area contributed by atoms with Crippen LogP contribution in [0.2, 0.25) is 10.0 Å². The van der Waals surface area contributed by atoms with Gasteiger partial charge < -0.3 is 19.4 Å². The first kappa shape index (κ1) is 33.2. The first-order chi connectivity index (χ1) is 20.1. The van der Waals surface area contributed by atoms with E-state index in [1.54, 1.807) is 28.0 Å². The standard InChI is InChI=1S/C29H31Cl2F6N3O3/c1-38(26(41)19-4-6-25(43-2)21(13-19)29(35,36)37)24-16-40(15-20(24)18-3-5-22(30)23(31)14-18)27(42)17-7-10-39(11-8-17)12-9-28(32,33)34/h3-6,13-14,17,20,24H,7-12,15-16H2,1-2H3/t20-,24+/m1/s1. The van der Waals surface area contributed by atoms with E-state index in [0.717, 1.165) is 19.2 Å². The molecule has 0 aromatic heterocycles. The van der Waals surface area contributed by atoms with Crippen molar-refractivity contribution in [3.8, 4) is 5.75 Å². The molecular formula is C29H31Cl2F6N3O3. The Morgan fingerprint density at radius 1 is 0.977 bits per heavy atom. The van der Waals surface area contributed by atoms with E-state index in [-0.39, 0.29) is 36.1 Å². The number of carbonyl (C=O) groups is 2. The van der Waals surface area contributed by atoms with E-state index >= 15 is 0 Å². The van der Waals surface area contributed by atoms with Crippen molar-refractivity contribution < 1.29 is 40.7 Å². The Hall–Kier alpha value is -2.70. The second-order valence-electron chi connectivity index (χ2n) is 10.9. The normalized spacial score (nSPS) is 20.4. The molecule has 2 fully saturated rings. The Balaban J connectivity index is 1.55. The lowest BCUT2D eigenvalue weighted by Gasteiger charge is -2.33. The van der Waals surface area contributed by atoms with Crippen LogP contribution in [-0.2, 0) is 11.0 Å². The highest BCUT2D eigenvalue weighted by molar-refractivity contribution is 6.42. The fourth-order valence-corrected chi connectivity index (χ4v) is 6.10. The minimum atomic E-state index is -4.75. The Labute approximate surface area is 255 Å². The lowest BCUT2D eigenvalue weighted by Crippen LogP contribution is -2.44. The van der Waals surface area contributed by atoms with E-state index in [0.29, 0.717) is 36.5 Å². The number of likely N-dealkylation sites (N-methyl/N-ethyl adjacent to an activating group) is 1. The van der Waals surface area contributed by atoms with Gasteiger partial charge >= 0.3 is 12.4 Å². The monoisotopic (exact) mass is 653 g/mol. The van der Waals surface area contributed by atoms with Crippen LogP contribution in [-0.4, -0.2) is 85.6 Å². The molecule has 2 aromatic rings. The van der Waals surface area contributed by atoms with Gasteiger partial charge in [-0.15, -0.1) is 0 Å². The molecule has 0 N–H and O–H groups in total. The van der Waals surface area contributed by atoms with Crippen LogP contribution in [0.25, 0.3) is 0 Å². The smallest absolute Gasteiger partial charge is 0.419 e. The molecule has 4 rings (SSSR count). The van der Waals surface area contributed by atoms with Crippen molar-refractivity contribution in [3.05, 3.63) is 63.1 Å². The zero-order valence-electron chi connectivity index (χ0n) is 23.4. The van der Waals surface area contributed by atoms with Crippen molar-refractivity contribution in [2.24, 2.45) is 5.92 Å². The molecule has 0 unspecified atom stereocenters. The van der Waals surface area contributed by atoms with E-state index < -0.39 is 53.9 Å². The first-order valence-corrected chi connectivity index (χ1v) is 14.4. The molecule has 2 atom stereocenters. The van der Waals surface area contributed by atoms with Crippen LogP contribution in [0.15, 0.2) is 36.4 Å². The van der Waals surface area contributed by atoms with E-state index in [4.69, 9.17) is 27.9 Å². The zero-order valence-corrected chi connectivity index (χ0v) is 25.0. The summed E-state index contributed by atoms with van der Waals surface area (Å²) in [6, 6.07) is 7.44. The van der Waals surface area contributed by atoms with Crippen LogP contribution in [0.5, 0.6) is 5.75 Å². The number of ether oxygens (including phenoxy) is 1. The highest BCUT2D eigenvalue weighted by Crippen LogP contribution is 2.39. The number of likely N-dealkylation sites (tertiary alicyclic amines) is 2. The SMILES string of the molecule is COc1ccc(C(=O)N(C)[C@H]2CN(C(=O)C3CCN(CCC(F)(F)F)CC3)C[C@@H]2c2ccc(Cl)c(Cl)c2)cc1C(F)(F)F. The van der Waals surface area contributed by atoms with Gasteiger partial charge in [-0.25, -0.2) is 0 Å². The number of methoxy groups -OCH3 is 1. The number of hydrogen-bond donors (Lipinski definition) is 0. The number of rotatable bonds is 7. The topological polar surface area (TPSA) is 53.1 Å². The molecule has 2 amide bonds. The molecule has 6 nitrogen and oxygen atoms in total. The van der Waals surface area contributed by atoms with Gasteiger partial charge in [-0.3, -0.25) is 9.59 Å². The van der Waals surface area contributed by atoms with E-state index in [9.17, 15) is 35.9 Å². The Morgan fingerprint density at radius 3 is 2.23 bits per heavy atom. The number of halogens is 8. The minimum absolute atomic E-state index is 0.114. The lowest BCUT2D eigenvalue weighted by atomic mass is 9.93. The van der Waals surface area contributed by atoms with Gasteiger partial charge in [0.25, 0.3) is 5.91 Å². The molecule has 0 bridgehead atoms. The second kappa shape index (κ2) is 13.1. The summed E-state index contributed by atoms with van der Waals surface area (Å²) >= 11 is 12.4. The maximum absolute atomic E-state index is 13.6. The molecule has 2 saturated heterocycles. The van der Waals surface area contributed by atoms with Gasteiger partial charge in [0.1, 0.15) is 5.75 Å². The summed E-state index contributed by atoms with van der Waals surface area (Å²) in [6.45, 7) is 0.922. The van der Waals surface area contributed by atoms with Crippen LogP contribution >= 0.6 is 23.2 Å². The van der Waals surface area contributed by atoms with Gasteiger partial charge in [-0.05, 0) is 61.8 Å². The van der Waals surface area contributed by atoms with E-state index in [1.165, 1.54) is 18.0 Å². The third kappa shape index (κ3) is 7.88. The number of nitrogens with zero attached hydrogens (tertiary/aromatic N) is 3. The number of alkyl halides is 6. The predicted octanol–water partition coefficient (Wildman–Crippen LogP) is 6.75. The quantitative estimate of drug-likeness (QED) is 0.310. The van der Waals surface area contributed by atoms with Crippen LogP contribution in [0.3, 0.4) is 0 Å². The number of carbonyl (C=O) groups excluding carboxylic acids is 2. The highest BCUT2D eigenvalue weighted by atomic mass is 35.5. The zero-order chi connectivity index (χ0) is 31.7. The van der Waals surface area contributed by atoms with Crippen molar-refractivity contribution in [2.75, 3.05) is 46.9 Å². The third-order valence-electron chi connectivity index (χ3n) is 8.19. The van der Waals surface area contributed by atoms with Gasteiger partial charge in [0.05, 0.1) is 35.2 Å². The first-order valence-electron chi connectivity index (χ1n) is 13.6. The second-order valence-corrected chi connectivity index (χ2v) is 11.7. The molecule has 2 aliphatic rings. The molecular weight excluding hydrogens is 623 g/mol. The van der Waals surface area contributed by atoms with Crippen LogP contribution in [0.4, 0.5) is 26.3 Å². The molecule has 0 spiro atoms. The molecule has 0 radical (unpaired) electrons. The number of benzene rings is 2. The average molecular weight is 654 g/mol. The van der Waals surface area contributed by atoms with Gasteiger partial charge in [0.2, 0.25) is 5.91 Å². The summed E-state index contributed by atoms with van der Waals surface area (Å²) in [5.41, 5.74) is -0.582. The molecule has 2 aliphatic heterocycles. The number of hydrogen-bond acceptors (Lipinski definition) is 4. The average Bonchev–Trinajstić information content (AvgIpc) is 3.41. The lowest BCUT2D eigenvalue weighted by molar-refractivity contribution is -0.141. The van der Waals surface area contributed by atoms with Gasteiger partial charge in [0.15, 0.2) is 0 Å².